The fourth-order valence-electron chi connectivity index (χ4n) is 2.53. The van der Waals surface area contributed by atoms with Gasteiger partial charge in [-0.25, -0.2) is 0 Å². The monoisotopic (exact) mass is 538 g/mol. The van der Waals surface area contributed by atoms with Gasteiger partial charge in [0.05, 0.1) is 6.61 Å². The van der Waals surface area contributed by atoms with Crippen LogP contribution in [-0.2, 0) is 4.52 Å². The fourth-order valence-corrected chi connectivity index (χ4v) is 3.54. The highest BCUT2D eigenvalue weighted by atomic mass is 31.2. The standard InChI is InChI=1S/C22H31O3P.2H3O3P/c1-20(2)14-8-4-3-5-13-19-23-26(24-21-15-9-6-10-16-21)25-22-17-11-7-12-18-22;2*1-4(2)3/h6-7,9-12,15-18,20H,3-5,8,13-14,19H2,1-2H3;2*1-3H. The molecule has 0 aliphatic carbocycles. The normalized spacial score (nSPS) is 10.6. The molecule has 2 aromatic carbocycles. The van der Waals surface area contributed by atoms with Gasteiger partial charge in [-0.3, -0.25) is 4.52 Å². The number of benzene rings is 2. The molecule has 12 heteroatoms. The van der Waals surface area contributed by atoms with Gasteiger partial charge in [0.15, 0.2) is 0 Å². The summed E-state index contributed by atoms with van der Waals surface area (Å²) < 4.78 is 17.7. The maximum atomic E-state index is 7.23. The third-order valence-corrected chi connectivity index (χ3v) is 5.08. The van der Waals surface area contributed by atoms with E-state index in [0.29, 0.717) is 6.61 Å². The molecule has 0 unspecified atom stereocenters. The number of unbranched alkanes of at least 4 members (excludes halogenated alkanes) is 4. The molecule has 0 bridgehead atoms. The first-order valence-electron chi connectivity index (χ1n) is 10.8. The van der Waals surface area contributed by atoms with Crippen molar-refractivity contribution < 1.29 is 42.9 Å². The van der Waals surface area contributed by atoms with Crippen LogP contribution in [-0.4, -0.2) is 36.0 Å². The van der Waals surface area contributed by atoms with Crippen LogP contribution in [0.5, 0.6) is 11.5 Å². The number of hydrogen-bond acceptors (Lipinski definition) is 9. The summed E-state index contributed by atoms with van der Waals surface area (Å²) in [6, 6.07) is 19.4. The molecule has 0 amide bonds. The van der Waals surface area contributed by atoms with Crippen LogP contribution in [0.25, 0.3) is 0 Å². The van der Waals surface area contributed by atoms with Crippen LogP contribution in [0.2, 0.25) is 0 Å². The van der Waals surface area contributed by atoms with Crippen molar-refractivity contribution in [2.24, 2.45) is 5.92 Å². The van der Waals surface area contributed by atoms with Crippen molar-refractivity contribution in [1.29, 1.82) is 0 Å². The molecular formula is C22H37O9P3. The van der Waals surface area contributed by atoms with Crippen LogP contribution >= 0.6 is 25.8 Å². The molecule has 0 aliphatic heterocycles. The summed E-state index contributed by atoms with van der Waals surface area (Å²) in [5.74, 6) is 2.35. The zero-order valence-corrected chi connectivity index (χ0v) is 22.2. The lowest BCUT2D eigenvalue weighted by atomic mass is 10.0. The third-order valence-electron chi connectivity index (χ3n) is 3.97. The SMILES string of the molecule is CC(C)CCCCCCCOP(Oc1ccccc1)Oc1ccccc1.OP(O)O.OP(O)O. The summed E-state index contributed by atoms with van der Waals surface area (Å²) in [6.45, 7) is 5.24. The average molecular weight is 538 g/mol. The molecule has 0 aliphatic rings. The van der Waals surface area contributed by atoms with Crippen molar-refractivity contribution in [1.82, 2.24) is 0 Å². The van der Waals surface area contributed by atoms with E-state index in [0.717, 1.165) is 23.8 Å². The van der Waals surface area contributed by atoms with Crippen molar-refractivity contribution in [2.45, 2.75) is 52.4 Å². The highest BCUT2D eigenvalue weighted by Gasteiger charge is 2.16. The molecule has 0 radical (unpaired) electrons. The Balaban J connectivity index is 0.00000118. The predicted molar refractivity (Wildman–Crippen MR) is 137 cm³/mol. The zero-order valence-electron chi connectivity index (χ0n) is 19.6. The molecule has 6 N–H and O–H groups in total. The van der Waals surface area contributed by atoms with Crippen molar-refractivity contribution in [3.05, 3.63) is 60.7 Å². The third kappa shape index (κ3) is 24.2. The smallest absolute Gasteiger partial charge is 0.418 e. The molecule has 2 rings (SSSR count). The maximum Gasteiger partial charge on any atom is 0.463 e. The van der Waals surface area contributed by atoms with E-state index in [1.54, 1.807) is 0 Å². The lowest BCUT2D eigenvalue weighted by molar-refractivity contribution is 0.258. The van der Waals surface area contributed by atoms with Crippen LogP contribution < -0.4 is 9.05 Å². The first-order valence-corrected chi connectivity index (χ1v) is 14.3. The Kier molecular flexibility index (Phi) is 21.9. The molecule has 9 nitrogen and oxygen atoms in total. The minimum Gasteiger partial charge on any atom is -0.418 e. The largest absolute Gasteiger partial charge is 0.463 e. The first kappa shape index (κ1) is 33.0. The van der Waals surface area contributed by atoms with Gasteiger partial charge in [0.2, 0.25) is 0 Å². The van der Waals surface area contributed by atoms with E-state index in [1.165, 1.54) is 32.1 Å². The molecule has 0 atom stereocenters. The molecule has 0 aromatic heterocycles. The lowest BCUT2D eigenvalue weighted by Gasteiger charge is -2.17. The van der Waals surface area contributed by atoms with Crippen molar-refractivity contribution in [2.75, 3.05) is 6.61 Å². The van der Waals surface area contributed by atoms with Gasteiger partial charge in [-0.1, -0.05) is 82.3 Å². The minimum atomic E-state index is -2.62. The van der Waals surface area contributed by atoms with Crippen LogP contribution in [0, 0.1) is 5.92 Å². The second kappa shape index (κ2) is 22.5. The second-order valence-corrected chi connectivity index (χ2v) is 9.50. The summed E-state index contributed by atoms with van der Waals surface area (Å²) in [4.78, 5) is 43.4. The van der Waals surface area contributed by atoms with Gasteiger partial charge < -0.3 is 38.4 Å². The van der Waals surface area contributed by atoms with Crippen LogP contribution in [0.15, 0.2) is 60.7 Å². The van der Waals surface area contributed by atoms with E-state index in [1.807, 2.05) is 60.7 Å². The first-order chi connectivity index (χ1) is 16.2. The summed E-state index contributed by atoms with van der Waals surface area (Å²) in [6.07, 6.45) is 7.48. The van der Waals surface area contributed by atoms with Crippen molar-refractivity contribution in [3.63, 3.8) is 0 Å². The molecule has 0 spiro atoms. The Morgan fingerprint density at radius 3 is 1.41 bits per heavy atom. The van der Waals surface area contributed by atoms with Crippen LogP contribution in [0.3, 0.4) is 0 Å². The van der Waals surface area contributed by atoms with Gasteiger partial charge in [-0.2, -0.15) is 0 Å². The summed E-state index contributed by atoms with van der Waals surface area (Å²) in [7, 11) is -6.69. The minimum absolute atomic E-state index is 0.662. The van der Waals surface area contributed by atoms with E-state index < -0.39 is 25.8 Å². The van der Waals surface area contributed by atoms with Gasteiger partial charge in [0.1, 0.15) is 11.5 Å². The Morgan fingerprint density at radius 1 is 0.618 bits per heavy atom. The second-order valence-electron chi connectivity index (χ2n) is 7.35. The number of para-hydroxylation sites is 2. The maximum absolute atomic E-state index is 7.23. The topological polar surface area (TPSA) is 149 Å². The number of hydrogen-bond donors (Lipinski definition) is 6. The Hall–Kier alpha value is -0.950. The van der Waals surface area contributed by atoms with Crippen LogP contribution in [0.1, 0.15) is 52.4 Å². The van der Waals surface area contributed by atoms with E-state index in [-0.39, 0.29) is 0 Å². The molecule has 2 aromatic rings. The number of rotatable bonds is 13. The fraction of sp³-hybridized carbons (Fsp3) is 0.455. The predicted octanol–water partition coefficient (Wildman–Crippen LogP) is 5.76. The Labute approximate surface area is 206 Å². The van der Waals surface area contributed by atoms with Gasteiger partial charge in [-0.15, -0.1) is 0 Å². The Bertz CT molecular complexity index is 627. The van der Waals surface area contributed by atoms with Crippen LogP contribution in [0.4, 0.5) is 0 Å². The summed E-state index contributed by atoms with van der Waals surface area (Å²) >= 11 is 0. The molecule has 0 saturated carbocycles. The average Bonchev–Trinajstić information content (AvgIpc) is 2.76. The van der Waals surface area contributed by atoms with Crippen molar-refractivity contribution >= 4 is 25.8 Å². The molecule has 0 saturated heterocycles. The summed E-state index contributed by atoms with van der Waals surface area (Å²) in [5, 5.41) is 0. The van der Waals surface area contributed by atoms with Gasteiger partial charge >= 0.3 is 25.8 Å². The van der Waals surface area contributed by atoms with E-state index in [2.05, 4.69) is 13.8 Å². The summed E-state index contributed by atoms with van der Waals surface area (Å²) in [5.41, 5.74) is 0. The molecule has 194 valence electrons. The highest BCUT2D eigenvalue weighted by Crippen LogP contribution is 2.41. The molecule has 0 heterocycles. The quantitative estimate of drug-likeness (QED) is 0.138. The van der Waals surface area contributed by atoms with Gasteiger partial charge in [0, 0.05) is 0 Å². The molecular weight excluding hydrogens is 501 g/mol. The van der Waals surface area contributed by atoms with E-state index in [9.17, 15) is 0 Å². The lowest BCUT2D eigenvalue weighted by Crippen LogP contribution is -2.01. The molecule has 0 fully saturated rings. The Morgan fingerprint density at radius 2 is 1.00 bits per heavy atom. The highest BCUT2D eigenvalue weighted by molar-refractivity contribution is 7.42. The zero-order chi connectivity index (χ0) is 25.6. The van der Waals surface area contributed by atoms with Crippen molar-refractivity contribution in [3.8, 4) is 11.5 Å². The van der Waals surface area contributed by atoms with Gasteiger partial charge in [0.25, 0.3) is 0 Å². The van der Waals surface area contributed by atoms with E-state index >= 15 is 0 Å². The molecule has 34 heavy (non-hydrogen) atoms. The van der Waals surface area contributed by atoms with Gasteiger partial charge in [-0.05, 0) is 36.6 Å². The van der Waals surface area contributed by atoms with E-state index in [4.69, 9.17) is 42.9 Å².